The topological polar surface area (TPSA) is 261 Å². The number of ether oxygens (including phenoxy) is 7. The van der Waals surface area contributed by atoms with Crippen molar-refractivity contribution < 1.29 is 75.7 Å². The predicted octanol–water partition coefficient (Wildman–Crippen LogP) is 4.76. The lowest BCUT2D eigenvalue weighted by molar-refractivity contribution is -0.461. The van der Waals surface area contributed by atoms with E-state index in [0.717, 1.165) is 22.1 Å². The number of likely N-dealkylation sites (tertiary alicyclic amines) is 1. The Morgan fingerprint density at radius 3 is 2.22 bits per heavy atom. The van der Waals surface area contributed by atoms with Crippen LogP contribution in [0.25, 0.3) is 22.3 Å². The zero-order valence-electron chi connectivity index (χ0n) is 49.4. The van der Waals surface area contributed by atoms with Crippen molar-refractivity contribution in [3.63, 3.8) is 0 Å². The number of cyclic esters (lactones) is 1. The maximum absolute atomic E-state index is 15.5. The highest BCUT2D eigenvalue weighted by Crippen LogP contribution is 2.47. The molecule has 1 fully saturated rings. The number of aryl methyl sites for hydroxylation is 1. The van der Waals surface area contributed by atoms with E-state index in [1.165, 1.54) is 11.0 Å². The second-order valence-electron chi connectivity index (χ2n) is 23.8. The molecule has 448 valence electrons. The molecular formula is C59H81FN7O15+. The number of alkyl carbamates (subject to hydrolysis) is 1. The first-order valence-corrected chi connectivity index (χ1v) is 28.3. The number of esters is 3. The van der Waals surface area contributed by atoms with Crippen LogP contribution >= 0.6 is 0 Å². The van der Waals surface area contributed by atoms with Crippen LogP contribution in [0, 0.1) is 18.7 Å². The van der Waals surface area contributed by atoms with Crippen molar-refractivity contribution in [2.24, 2.45) is 5.92 Å². The molecule has 0 bridgehead atoms. The van der Waals surface area contributed by atoms with Crippen LogP contribution in [0.2, 0.25) is 0 Å². The summed E-state index contributed by atoms with van der Waals surface area (Å²) in [6.45, 7) is 18.2. The Morgan fingerprint density at radius 1 is 0.902 bits per heavy atom. The third-order valence-electron chi connectivity index (χ3n) is 14.8. The van der Waals surface area contributed by atoms with Gasteiger partial charge in [0.25, 0.3) is 5.56 Å². The lowest BCUT2D eigenvalue weighted by Gasteiger charge is -2.37. The van der Waals surface area contributed by atoms with Gasteiger partial charge in [0.1, 0.15) is 62.1 Å². The smallest absolute Gasteiger partial charge is 0.407 e. The molecule has 3 N–H and O–H groups in total. The van der Waals surface area contributed by atoms with Crippen molar-refractivity contribution >= 4 is 58.8 Å². The number of halogens is 1. The third-order valence-corrected chi connectivity index (χ3v) is 14.8. The fourth-order valence-corrected chi connectivity index (χ4v) is 11.0. The molecule has 0 saturated carbocycles. The highest BCUT2D eigenvalue weighted by molar-refractivity contribution is 5.98. The fourth-order valence-electron chi connectivity index (χ4n) is 11.0. The van der Waals surface area contributed by atoms with Crippen LogP contribution in [-0.2, 0) is 87.1 Å². The first-order valence-electron chi connectivity index (χ1n) is 28.3. The number of carbonyl (C=O) groups excluding carboxylic acids is 7. The first kappa shape index (κ1) is 62.7. The molecule has 4 amide bonds. The summed E-state index contributed by atoms with van der Waals surface area (Å²) >= 11 is 0. The van der Waals surface area contributed by atoms with Crippen LogP contribution in [0.3, 0.4) is 0 Å². The molecule has 1 aromatic carbocycles. The van der Waals surface area contributed by atoms with E-state index < -0.39 is 94.5 Å². The van der Waals surface area contributed by atoms with Gasteiger partial charge in [0.05, 0.1) is 81.0 Å². The maximum Gasteiger partial charge on any atom is 0.407 e. The second-order valence-corrected chi connectivity index (χ2v) is 23.8. The van der Waals surface area contributed by atoms with E-state index in [1.807, 2.05) is 18.7 Å². The minimum atomic E-state index is -2.13. The Hall–Kier alpha value is -6.85. The van der Waals surface area contributed by atoms with Gasteiger partial charge in [0, 0.05) is 42.1 Å². The van der Waals surface area contributed by atoms with Gasteiger partial charge in [0.15, 0.2) is 0 Å². The number of benzene rings is 1. The minimum Gasteiger partial charge on any atom is -0.460 e. The van der Waals surface area contributed by atoms with Crippen LogP contribution in [-0.4, -0.2) is 163 Å². The van der Waals surface area contributed by atoms with Crippen molar-refractivity contribution in [3.05, 3.63) is 61.7 Å². The Balaban J connectivity index is 1.02. The Bertz CT molecular complexity index is 3050. The zero-order valence-corrected chi connectivity index (χ0v) is 49.4. The SMILES string of the molecule is CC[C@@]1(OC(=O)[C@@H](NC(=O)[C@@H]2CCCN2C(=O)C(CC(=O)OC(C)(C)C)NC(=O)CCOCCOCCOCCNC(=O)OC(C)(C)C)C(C)C)C(=O)OCc2c1cc1n(c2=O)Cc2c-1nc1cc(F)c(C)c3c1c2C(C=[N+](C)C)CC3. The molecule has 5 heterocycles. The number of nitrogens with one attached hydrogen (secondary N) is 3. The summed E-state index contributed by atoms with van der Waals surface area (Å²) in [6.07, 6.45) is 2.61. The summed E-state index contributed by atoms with van der Waals surface area (Å²) in [5, 5.41) is 8.87. The predicted molar refractivity (Wildman–Crippen MR) is 298 cm³/mol. The van der Waals surface area contributed by atoms with Crippen LogP contribution in [0.1, 0.15) is 140 Å². The number of rotatable bonds is 23. The standard InChI is InChI=1S/C59H80FN7O15/c1-13-59(39-27-44-50-37(31-67(44)52(71)38(39)32-79-55(59)74)47-35(30-65(11)12)16-17-36-34(4)40(60)28-41(63-50)48(36)47)81-54(73)49(33(2)3)64-51(70)43-15-14-20-66(43)53(72)42(29-46(69)80-57(5,6)7)62-45(68)18-21-76-23-25-78-26-24-77-22-19-61-56(75)82-58(8,9)10/h27-28,30,33,35,42-43,49H,13-26,29,31-32H2,1-12H3,(H2-,61,62,64,68,70,75)/p+1/t35?,42?,43-,49-,59-/m0/s1. The summed E-state index contributed by atoms with van der Waals surface area (Å²) in [6, 6.07) is -0.879. The highest BCUT2D eigenvalue weighted by atomic mass is 19.1. The Morgan fingerprint density at radius 2 is 1.57 bits per heavy atom. The lowest BCUT2D eigenvalue weighted by atomic mass is 9.78. The average molecular weight is 1150 g/mol. The van der Waals surface area contributed by atoms with E-state index in [0.29, 0.717) is 41.7 Å². The Kier molecular flexibility index (Phi) is 20.0. The van der Waals surface area contributed by atoms with Crippen molar-refractivity contribution in [1.29, 1.82) is 0 Å². The fraction of sp³-hybridized carbons (Fsp3) is 0.627. The molecule has 3 aliphatic heterocycles. The van der Waals surface area contributed by atoms with Gasteiger partial charge < -0.3 is 58.6 Å². The molecule has 4 aliphatic rings. The van der Waals surface area contributed by atoms with Gasteiger partial charge in [-0.2, -0.15) is 0 Å². The summed E-state index contributed by atoms with van der Waals surface area (Å²) in [4.78, 5) is 117. The molecule has 0 radical (unpaired) electrons. The summed E-state index contributed by atoms with van der Waals surface area (Å²) < 4.78 is 58.2. The number of hydrogen-bond acceptors (Lipinski definition) is 16. The molecule has 2 aromatic heterocycles. The molecule has 3 aromatic rings. The number of aromatic nitrogens is 2. The van der Waals surface area contributed by atoms with Crippen molar-refractivity contribution in [1.82, 2.24) is 30.4 Å². The van der Waals surface area contributed by atoms with E-state index in [1.54, 1.807) is 79.9 Å². The molecule has 1 saturated heterocycles. The van der Waals surface area contributed by atoms with Gasteiger partial charge in [-0.05, 0) is 109 Å². The van der Waals surface area contributed by atoms with Crippen LogP contribution in [0.15, 0.2) is 16.9 Å². The van der Waals surface area contributed by atoms with E-state index in [9.17, 15) is 38.4 Å². The number of nitrogens with zero attached hydrogens (tertiary/aromatic N) is 4. The summed E-state index contributed by atoms with van der Waals surface area (Å²) in [7, 11) is 3.88. The molecule has 0 spiro atoms. The highest BCUT2D eigenvalue weighted by Gasteiger charge is 2.52. The van der Waals surface area contributed by atoms with Gasteiger partial charge in [-0.25, -0.2) is 28.3 Å². The molecule has 82 heavy (non-hydrogen) atoms. The van der Waals surface area contributed by atoms with Crippen molar-refractivity contribution in [2.75, 3.05) is 66.8 Å². The van der Waals surface area contributed by atoms with Gasteiger partial charge in [0.2, 0.25) is 23.3 Å². The molecule has 22 nitrogen and oxygen atoms in total. The monoisotopic (exact) mass is 1150 g/mol. The second kappa shape index (κ2) is 26.2. The number of hydrogen-bond donors (Lipinski definition) is 3. The number of amides is 4. The van der Waals surface area contributed by atoms with E-state index in [2.05, 4.69) is 22.2 Å². The van der Waals surface area contributed by atoms with Crippen LogP contribution in [0.4, 0.5) is 9.18 Å². The quantitative estimate of drug-likeness (QED) is 0.0297. The lowest BCUT2D eigenvalue weighted by Crippen LogP contribution is -2.57. The molecule has 7 rings (SSSR count). The Labute approximate surface area is 477 Å². The first-order chi connectivity index (χ1) is 38.6. The molecule has 5 atom stereocenters. The van der Waals surface area contributed by atoms with Crippen molar-refractivity contribution in [2.45, 2.75) is 168 Å². The number of fused-ring (bicyclic) bond motifs is 5. The van der Waals surface area contributed by atoms with Gasteiger partial charge in [-0.1, -0.05) is 20.8 Å². The van der Waals surface area contributed by atoms with E-state index in [4.69, 9.17) is 38.1 Å². The van der Waals surface area contributed by atoms with Gasteiger partial charge >= 0.3 is 24.0 Å². The summed E-state index contributed by atoms with van der Waals surface area (Å²) in [5.74, 6) is -5.79. The van der Waals surface area contributed by atoms with E-state index in [-0.39, 0.29) is 108 Å². The van der Waals surface area contributed by atoms with Crippen LogP contribution < -0.4 is 21.5 Å². The third kappa shape index (κ3) is 14.5. The molecular weight excluding hydrogens is 1070 g/mol. The molecule has 1 aliphatic carbocycles. The van der Waals surface area contributed by atoms with E-state index >= 15 is 4.39 Å². The average Bonchev–Trinajstić information content (AvgIpc) is 1.63. The zero-order chi connectivity index (χ0) is 60.0. The largest absolute Gasteiger partial charge is 0.460 e. The van der Waals surface area contributed by atoms with Crippen molar-refractivity contribution in [3.8, 4) is 11.4 Å². The normalized spacial score (nSPS) is 18.9. The number of pyridine rings is 2. The minimum absolute atomic E-state index is 0.0402. The van der Waals surface area contributed by atoms with Gasteiger partial charge in [-0.3, -0.25) is 24.0 Å². The molecule has 23 heteroatoms. The molecule has 2 unspecified atom stereocenters. The van der Waals surface area contributed by atoms with Gasteiger partial charge in [-0.15, -0.1) is 0 Å². The summed E-state index contributed by atoms with van der Waals surface area (Å²) in [5.41, 5.74) is 0.601. The number of carbonyl (C=O) groups is 7. The van der Waals surface area contributed by atoms with Crippen LogP contribution in [0.5, 0.6) is 0 Å². The maximum atomic E-state index is 15.5.